The number of nitro benzene ring substituents is 1. The molecule has 0 N–H and O–H groups in total. The molecular weight excluding hydrogens is 277 g/mol. The molecule has 0 fully saturated rings. The smallest absolute Gasteiger partial charge is 0.280 e. The predicted octanol–water partition coefficient (Wildman–Crippen LogP) is 3.67. The van der Waals surface area contributed by atoms with Gasteiger partial charge in [0.05, 0.1) is 10.3 Å². The summed E-state index contributed by atoms with van der Waals surface area (Å²) in [6.45, 7) is 6.12. The Morgan fingerprint density at radius 1 is 1.24 bits per heavy atom. The lowest BCUT2D eigenvalue weighted by molar-refractivity contribution is -0.384. The van der Waals surface area contributed by atoms with Crippen molar-refractivity contribution in [3.8, 4) is 11.4 Å². The van der Waals surface area contributed by atoms with Crippen molar-refractivity contribution in [3.05, 3.63) is 40.3 Å². The molecule has 0 aliphatic carbocycles. The highest BCUT2D eigenvalue weighted by atomic mass is 19.1. The molecule has 0 unspecified atom stereocenters. The Morgan fingerprint density at radius 3 is 2.43 bits per heavy atom. The van der Waals surface area contributed by atoms with E-state index in [1.165, 1.54) is 26.0 Å². The number of hydrogen-bond donors (Lipinski definition) is 0. The molecule has 7 heteroatoms. The Labute approximate surface area is 121 Å². The first-order valence-corrected chi connectivity index (χ1v) is 6.41. The lowest BCUT2D eigenvalue weighted by atomic mass is 9.78. The maximum atomic E-state index is 14.2. The standard InChI is InChI=1S/C14H16FN3O3/c1-13(2,14(3,4)15)12-16-11(17-21-12)9-7-5-6-8-10(9)18(19)20/h5-8H,1-4H3. The maximum absolute atomic E-state index is 14.2. The topological polar surface area (TPSA) is 82.1 Å². The van der Waals surface area contributed by atoms with E-state index in [0.717, 1.165) is 0 Å². The lowest BCUT2D eigenvalue weighted by Gasteiger charge is -2.30. The Morgan fingerprint density at radius 2 is 1.86 bits per heavy atom. The monoisotopic (exact) mass is 293 g/mol. The van der Waals surface area contributed by atoms with Crippen LogP contribution in [-0.2, 0) is 5.41 Å². The second kappa shape index (κ2) is 4.91. The van der Waals surface area contributed by atoms with Gasteiger partial charge in [-0.3, -0.25) is 10.1 Å². The highest BCUT2D eigenvalue weighted by Gasteiger charge is 2.43. The third kappa shape index (κ3) is 2.63. The Balaban J connectivity index is 2.49. The summed E-state index contributed by atoms with van der Waals surface area (Å²) in [5, 5.41) is 14.8. The van der Waals surface area contributed by atoms with Gasteiger partial charge < -0.3 is 4.52 Å². The van der Waals surface area contributed by atoms with Crippen LogP contribution in [0.1, 0.15) is 33.6 Å². The molecule has 1 aromatic carbocycles. The first kappa shape index (κ1) is 15.1. The van der Waals surface area contributed by atoms with E-state index in [-0.39, 0.29) is 23.0 Å². The number of halogens is 1. The molecule has 2 aromatic rings. The van der Waals surface area contributed by atoms with E-state index in [2.05, 4.69) is 10.1 Å². The number of aromatic nitrogens is 2. The molecule has 112 valence electrons. The second-order valence-corrected chi connectivity index (χ2v) is 5.79. The molecule has 0 aliphatic heterocycles. The van der Waals surface area contributed by atoms with E-state index < -0.39 is 16.0 Å². The van der Waals surface area contributed by atoms with Gasteiger partial charge >= 0.3 is 0 Å². The van der Waals surface area contributed by atoms with E-state index >= 15 is 0 Å². The zero-order chi connectivity index (χ0) is 15.8. The molecule has 0 saturated carbocycles. The van der Waals surface area contributed by atoms with Gasteiger partial charge in [-0.05, 0) is 33.8 Å². The average Bonchev–Trinajstić information content (AvgIpc) is 2.87. The molecule has 1 heterocycles. The number of alkyl halides is 1. The first-order chi connectivity index (χ1) is 9.64. The number of rotatable bonds is 4. The highest BCUT2D eigenvalue weighted by Crippen LogP contribution is 2.38. The summed E-state index contributed by atoms with van der Waals surface area (Å²) in [6.07, 6.45) is 0. The van der Waals surface area contributed by atoms with Gasteiger partial charge in [0.15, 0.2) is 0 Å². The minimum Gasteiger partial charge on any atom is -0.338 e. The summed E-state index contributed by atoms with van der Waals surface area (Å²) in [7, 11) is 0. The van der Waals surface area contributed by atoms with Crippen molar-refractivity contribution in [1.82, 2.24) is 10.1 Å². The van der Waals surface area contributed by atoms with Crippen LogP contribution in [0.3, 0.4) is 0 Å². The molecule has 0 atom stereocenters. The zero-order valence-electron chi connectivity index (χ0n) is 12.3. The van der Waals surface area contributed by atoms with E-state index in [9.17, 15) is 14.5 Å². The fourth-order valence-corrected chi connectivity index (χ4v) is 1.66. The van der Waals surface area contributed by atoms with Crippen molar-refractivity contribution in [2.45, 2.75) is 38.8 Å². The largest absolute Gasteiger partial charge is 0.338 e. The van der Waals surface area contributed by atoms with Crippen molar-refractivity contribution in [3.63, 3.8) is 0 Å². The van der Waals surface area contributed by atoms with Crippen molar-refractivity contribution < 1.29 is 13.8 Å². The van der Waals surface area contributed by atoms with Crippen molar-refractivity contribution in [2.24, 2.45) is 0 Å². The summed E-state index contributed by atoms with van der Waals surface area (Å²) >= 11 is 0. The van der Waals surface area contributed by atoms with E-state index in [1.807, 2.05) is 0 Å². The Bertz CT molecular complexity index is 674. The second-order valence-electron chi connectivity index (χ2n) is 5.79. The quantitative estimate of drug-likeness (QED) is 0.634. The Hall–Kier alpha value is -2.31. The van der Waals surface area contributed by atoms with Crippen LogP contribution in [-0.4, -0.2) is 20.7 Å². The van der Waals surface area contributed by atoms with Crippen LogP contribution in [0.5, 0.6) is 0 Å². The van der Waals surface area contributed by atoms with Crippen molar-refractivity contribution in [2.75, 3.05) is 0 Å². The molecule has 1 aromatic heterocycles. The molecule has 6 nitrogen and oxygen atoms in total. The van der Waals surface area contributed by atoms with Gasteiger partial charge in [0.1, 0.15) is 11.2 Å². The number of nitrogens with zero attached hydrogens (tertiary/aromatic N) is 3. The summed E-state index contributed by atoms with van der Waals surface area (Å²) in [6, 6.07) is 6.08. The molecular formula is C14H16FN3O3. The lowest BCUT2D eigenvalue weighted by Crippen LogP contribution is -2.39. The van der Waals surface area contributed by atoms with E-state index in [1.54, 1.807) is 26.0 Å². The van der Waals surface area contributed by atoms with Crippen LogP contribution in [0.25, 0.3) is 11.4 Å². The van der Waals surface area contributed by atoms with Gasteiger partial charge in [-0.1, -0.05) is 17.3 Å². The molecule has 0 amide bonds. The first-order valence-electron chi connectivity index (χ1n) is 6.41. The minimum absolute atomic E-state index is 0.0784. The third-order valence-electron chi connectivity index (χ3n) is 3.79. The third-order valence-corrected chi connectivity index (χ3v) is 3.79. The van der Waals surface area contributed by atoms with E-state index in [4.69, 9.17) is 4.52 Å². The van der Waals surface area contributed by atoms with Crippen LogP contribution in [0.4, 0.5) is 10.1 Å². The number of para-hydroxylation sites is 1. The maximum Gasteiger partial charge on any atom is 0.280 e. The van der Waals surface area contributed by atoms with Gasteiger partial charge in [0.25, 0.3) is 5.69 Å². The van der Waals surface area contributed by atoms with Gasteiger partial charge in [0, 0.05) is 6.07 Å². The average molecular weight is 293 g/mol. The number of benzene rings is 1. The molecule has 0 radical (unpaired) electrons. The molecule has 0 bridgehead atoms. The normalized spacial score (nSPS) is 12.4. The molecule has 0 saturated heterocycles. The highest BCUT2D eigenvalue weighted by molar-refractivity contribution is 5.67. The van der Waals surface area contributed by atoms with Crippen LogP contribution < -0.4 is 0 Å². The van der Waals surface area contributed by atoms with Gasteiger partial charge in [-0.2, -0.15) is 4.98 Å². The van der Waals surface area contributed by atoms with Crippen LogP contribution in [0, 0.1) is 10.1 Å². The molecule has 21 heavy (non-hydrogen) atoms. The number of nitro groups is 1. The van der Waals surface area contributed by atoms with Gasteiger partial charge in [-0.15, -0.1) is 0 Å². The molecule has 2 rings (SSSR count). The van der Waals surface area contributed by atoms with Gasteiger partial charge in [-0.25, -0.2) is 4.39 Å². The summed E-state index contributed by atoms with van der Waals surface area (Å²) < 4.78 is 19.4. The van der Waals surface area contributed by atoms with E-state index in [0.29, 0.717) is 0 Å². The zero-order valence-corrected chi connectivity index (χ0v) is 12.3. The predicted molar refractivity (Wildman–Crippen MR) is 74.6 cm³/mol. The minimum atomic E-state index is -1.58. The Kier molecular flexibility index (Phi) is 3.52. The SMILES string of the molecule is CC(C)(F)C(C)(C)c1nc(-c2ccccc2[N+](=O)[O-])no1. The summed E-state index contributed by atoms with van der Waals surface area (Å²) in [4.78, 5) is 14.6. The van der Waals surface area contributed by atoms with Crippen LogP contribution >= 0.6 is 0 Å². The molecule has 0 aliphatic rings. The molecule has 0 spiro atoms. The summed E-state index contributed by atoms with van der Waals surface area (Å²) in [5.74, 6) is 0.178. The summed E-state index contributed by atoms with van der Waals surface area (Å²) in [5.41, 5.74) is -2.48. The van der Waals surface area contributed by atoms with Crippen molar-refractivity contribution in [1.29, 1.82) is 0 Å². The van der Waals surface area contributed by atoms with Crippen LogP contribution in [0.15, 0.2) is 28.8 Å². The van der Waals surface area contributed by atoms with Crippen molar-refractivity contribution >= 4 is 5.69 Å². The number of hydrogen-bond acceptors (Lipinski definition) is 5. The fourth-order valence-electron chi connectivity index (χ4n) is 1.66. The van der Waals surface area contributed by atoms with Crippen LogP contribution in [0.2, 0.25) is 0 Å². The van der Waals surface area contributed by atoms with Gasteiger partial charge in [0.2, 0.25) is 11.7 Å². The fraction of sp³-hybridized carbons (Fsp3) is 0.429.